The van der Waals surface area contributed by atoms with Crippen molar-refractivity contribution in [3.8, 4) is 0 Å². The van der Waals surface area contributed by atoms with E-state index in [4.69, 9.17) is 10.0 Å². The summed E-state index contributed by atoms with van der Waals surface area (Å²) in [4.78, 5) is 0. The number of hydrogen-bond acceptors (Lipinski definition) is 3. The monoisotopic (exact) mass is 196 g/mol. The lowest BCUT2D eigenvalue weighted by Gasteiger charge is -2.03. The Labute approximate surface area is 83.1 Å². The number of thioether (sulfide) groups is 1. The Balaban J connectivity index is 2.68. The van der Waals surface area contributed by atoms with Gasteiger partial charge in [0.05, 0.1) is 0 Å². The van der Waals surface area contributed by atoms with Gasteiger partial charge in [-0.15, -0.1) is 0 Å². The van der Waals surface area contributed by atoms with Crippen LogP contribution in [0.4, 0.5) is 0 Å². The zero-order valence-corrected chi connectivity index (χ0v) is 8.42. The smallest absolute Gasteiger partial charge is 0.423 e. The highest BCUT2D eigenvalue weighted by Crippen LogP contribution is 2.09. The molecule has 0 atom stereocenters. The molecule has 0 fully saturated rings. The van der Waals surface area contributed by atoms with Crippen LogP contribution in [0.15, 0.2) is 24.3 Å². The molecule has 2 N–H and O–H groups in total. The van der Waals surface area contributed by atoms with Crippen LogP contribution in [0.5, 0.6) is 0 Å². The van der Waals surface area contributed by atoms with Gasteiger partial charge >= 0.3 is 7.12 Å². The lowest BCUT2D eigenvalue weighted by atomic mass is 9.80. The van der Waals surface area contributed by atoms with Crippen molar-refractivity contribution >= 4 is 24.3 Å². The van der Waals surface area contributed by atoms with Crippen LogP contribution in [0.25, 0.3) is 0 Å². The largest absolute Gasteiger partial charge is 0.488 e. The van der Waals surface area contributed by atoms with Crippen molar-refractivity contribution in [1.82, 2.24) is 0 Å². The Morgan fingerprint density at radius 1 is 1.38 bits per heavy atom. The molecule has 0 amide bonds. The van der Waals surface area contributed by atoms with Crippen LogP contribution in [0.3, 0.4) is 0 Å². The zero-order valence-electron chi connectivity index (χ0n) is 7.60. The lowest BCUT2D eigenvalue weighted by molar-refractivity contribution is 0.425. The topological polar surface area (TPSA) is 40.5 Å². The van der Waals surface area contributed by atoms with Crippen molar-refractivity contribution in [2.75, 3.05) is 5.75 Å². The first-order valence-corrected chi connectivity index (χ1v) is 5.42. The Kier molecular flexibility index (Phi) is 4.35. The Morgan fingerprint density at radius 2 is 2.15 bits per heavy atom. The van der Waals surface area contributed by atoms with E-state index in [-0.39, 0.29) is 0 Å². The highest BCUT2D eigenvalue weighted by atomic mass is 32.2. The summed E-state index contributed by atoms with van der Waals surface area (Å²) in [7, 11) is -1.36. The quantitative estimate of drug-likeness (QED) is 0.693. The van der Waals surface area contributed by atoms with E-state index < -0.39 is 7.12 Å². The molecule has 2 nitrogen and oxygen atoms in total. The predicted molar refractivity (Wildman–Crippen MR) is 58.1 cm³/mol. The molecule has 70 valence electrons. The summed E-state index contributed by atoms with van der Waals surface area (Å²) >= 11 is 1.82. The van der Waals surface area contributed by atoms with Gasteiger partial charge in [0, 0.05) is 5.75 Å². The first-order valence-electron chi connectivity index (χ1n) is 4.26. The van der Waals surface area contributed by atoms with Crippen molar-refractivity contribution in [3.63, 3.8) is 0 Å². The van der Waals surface area contributed by atoms with E-state index in [1.165, 1.54) is 0 Å². The van der Waals surface area contributed by atoms with Crippen LogP contribution in [0.1, 0.15) is 12.5 Å². The second kappa shape index (κ2) is 5.32. The second-order valence-electron chi connectivity index (χ2n) is 2.76. The summed E-state index contributed by atoms with van der Waals surface area (Å²) in [6.45, 7) is 2.11. The molecule has 1 aromatic carbocycles. The number of rotatable bonds is 4. The van der Waals surface area contributed by atoms with E-state index in [1.807, 2.05) is 30.0 Å². The average molecular weight is 196 g/mol. The third-order valence-electron chi connectivity index (χ3n) is 1.72. The van der Waals surface area contributed by atoms with E-state index in [2.05, 4.69) is 6.92 Å². The van der Waals surface area contributed by atoms with Crippen LogP contribution in [0, 0.1) is 0 Å². The van der Waals surface area contributed by atoms with Gasteiger partial charge in [-0.1, -0.05) is 31.2 Å². The number of hydrogen-bond donors (Lipinski definition) is 2. The normalized spacial score (nSPS) is 10.1. The maximum atomic E-state index is 8.92. The maximum absolute atomic E-state index is 8.92. The minimum Gasteiger partial charge on any atom is -0.423 e. The molecular formula is C9H13BO2S. The van der Waals surface area contributed by atoms with Gasteiger partial charge < -0.3 is 10.0 Å². The van der Waals surface area contributed by atoms with Crippen LogP contribution >= 0.6 is 11.8 Å². The van der Waals surface area contributed by atoms with Crippen LogP contribution < -0.4 is 5.46 Å². The minimum atomic E-state index is -1.36. The van der Waals surface area contributed by atoms with Crippen molar-refractivity contribution < 1.29 is 10.0 Å². The summed E-state index contributed by atoms with van der Waals surface area (Å²) in [5.74, 6) is 2.00. The highest BCUT2D eigenvalue weighted by molar-refractivity contribution is 7.98. The summed E-state index contributed by atoms with van der Waals surface area (Å²) in [6, 6.07) is 7.38. The molecule has 0 aliphatic rings. The Bertz CT molecular complexity index is 266. The summed E-state index contributed by atoms with van der Waals surface area (Å²) in [6.07, 6.45) is 0. The van der Waals surface area contributed by atoms with E-state index in [0.717, 1.165) is 17.1 Å². The fourth-order valence-corrected chi connectivity index (χ4v) is 1.68. The van der Waals surface area contributed by atoms with Crippen LogP contribution in [0.2, 0.25) is 0 Å². The van der Waals surface area contributed by atoms with Gasteiger partial charge in [0.25, 0.3) is 0 Å². The zero-order chi connectivity index (χ0) is 9.68. The molecule has 1 aromatic rings. The van der Waals surface area contributed by atoms with Gasteiger partial charge in [-0.05, 0) is 16.8 Å². The van der Waals surface area contributed by atoms with Gasteiger partial charge in [0.15, 0.2) is 0 Å². The van der Waals surface area contributed by atoms with Crippen molar-refractivity contribution in [3.05, 3.63) is 29.8 Å². The molecule has 0 saturated carbocycles. The van der Waals surface area contributed by atoms with Crippen molar-refractivity contribution in [2.45, 2.75) is 12.7 Å². The third kappa shape index (κ3) is 3.42. The van der Waals surface area contributed by atoms with E-state index in [9.17, 15) is 0 Å². The number of benzene rings is 1. The standard InChI is InChI=1S/C9H13BO2S/c1-2-13-7-8-4-3-5-9(6-8)10(11)12/h3-6,11-12H,2,7H2,1H3. The van der Waals surface area contributed by atoms with E-state index in [0.29, 0.717) is 5.46 Å². The Morgan fingerprint density at radius 3 is 2.77 bits per heavy atom. The van der Waals surface area contributed by atoms with Gasteiger partial charge in [0.1, 0.15) is 0 Å². The molecule has 0 saturated heterocycles. The van der Waals surface area contributed by atoms with Gasteiger partial charge in [0.2, 0.25) is 0 Å². The first kappa shape index (κ1) is 10.6. The second-order valence-corrected chi connectivity index (χ2v) is 4.03. The lowest BCUT2D eigenvalue weighted by Crippen LogP contribution is -2.29. The predicted octanol–water partition coefficient (Wildman–Crippen LogP) is 0.619. The fraction of sp³-hybridized carbons (Fsp3) is 0.333. The molecule has 0 unspecified atom stereocenters. The van der Waals surface area contributed by atoms with E-state index in [1.54, 1.807) is 6.07 Å². The molecule has 0 radical (unpaired) electrons. The highest BCUT2D eigenvalue weighted by Gasteiger charge is 2.10. The molecule has 0 spiro atoms. The molecule has 13 heavy (non-hydrogen) atoms. The summed E-state index contributed by atoms with van der Waals surface area (Å²) < 4.78 is 0. The molecule has 0 aliphatic heterocycles. The van der Waals surface area contributed by atoms with Gasteiger partial charge in [-0.2, -0.15) is 11.8 Å². The molecule has 0 bridgehead atoms. The fourth-order valence-electron chi connectivity index (χ4n) is 1.06. The maximum Gasteiger partial charge on any atom is 0.488 e. The summed E-state index contributed by atoms with van der Waals surface area (Å²) in [5.41, 5.74) is 1.70. The summed E-state index contributed by atoms with van der Waals surface area (Å²) in [5, 5.41) is 17.8. The molecule has 1 rings (SSSR count). The molecular weight excluding hydrogens is 183 g/mol. The average Bonchev–Trinajstić information content (AvgIpc) is 2.15. The molecule has 4 heteroatoms. The van der Waals surface area contributed by atoms with Crippen LogP contribution in [-0.2, 0) is 5.75 Å². The Hall–Kier alpha value is -0.445. The first-order chi connectivity index (χ1) is 6.24. The van der Waals surface area contributed by atoms with Crippen molar-refractivity contribution in [1.29, 1.82) is 0 Å². The third-order valence-corrected chi connectivity index (χ3v) is 2.67. The van der Waals surface area contributed by atoms with E-state index >= 15 is 0 Å². The van der Waals surface area contributed by atoms with Gasteiger partial charge in [-0.3, -0.25) is 0 Å². The molecule has 0 aromatic heterocycles. The molecule has 0 aliphatic carbocycles. The molecule has 0 heterocycles. The SMILES string of the molecule is CCSCc1cccc(B(O)O)c1. The van der Waals surface area contributed by atoms with Crippen molar-refractivity contribution in [2.24, 2.45) is 0 Å². The van der Waals surface area contributed by atoms with Crippen LogP contribution in [-0.4, -0.2) is 22.9 Å². The minimum absolute atomic E-state index is 0.564. The van der Waals surface area contributed by atoms with Gasteiger partial charge in [-0.25, -0.2) is 0 Å².